The first-order valence-corrected chi connectivity index (χ1v) is 4.52. The Bertz CT molecular complexity index is 244. The van der Waals surface area contributed by atoms with Gasteiger partial charge in [-0.05, 0) is 12.8 Å². The number of hydrogen-bond donors (Lipinski definition) is 1. The zero-order valence-corrected chi connectivity index (χ0v) is 7.40. The van der Waals surface area contributed by atoms with Crippen LogP contribution in [0, 0.1) is 6.33 Å². The third kappa shape index (κ3) is 2.35. The molecule has 1 N–H and O–H groups in total. The van der Waals surface area contributed by atoms with Crippen LogP contribution in [0.25, 0.3) is 0 Å². The number of hydrazine groups is 1. The van der Waals surface area contributed by atoms with Crippen molar-refractivity contribution in [2.75, 3.05) is 18.5 Å². The summed E-state index contributed by atoms with van der Waals surface area (Å²) < 4.78 is 0. The smallest absolute Gasteiger partial charge is 0.241 e. The fourth-order valence-electron chi connectivity index (χ4n) is 1.42. The Morgan fingerprint density at radius 1 is 1.31 bits per heavy atom. The minimum Gasteiger partial charge on any atom is -0.287 e. The molecule has 5 heteroatoms. The van der Waals surface area contributed by atoms with E-state index in [9.17, 15) is 0 Å². The van der Waals surface area contributed by atoms with Crippen molar-refractivity contribution in [3.63, 3.8) is 0 Å². The Labute approximate surface area is 77.2 Å². The molecule has 0 saturated carbocycles. The van der Waals surface area contributed by atoms with Crippen molar-refractivity contribution in [1.29, 1.82) is 0 Å². The van der Waals surface area contributed by atoms with Crippen molar-refractivity contribution in [3.05, 3.63) is 12.7 Å². The van der Waals surface area contributed by atoms with Crippen molar-refractivity contribution < 1.29 is 0 Å². The van der Waals surface area contributed by atoms with E-state index in [0.717, 1.165) is 13.1 Å². The van der Waals surface area contributed by atoms with E-state index in [4.69, 9.17) is 0 Å². The molecule has 1 aromatic heterocycles. The lowest BCUT2D eigenvalue weighted by molar-refractivity contribution is 0.271. The maximum Gasteiger partial charge on any atom is 0.241 e. The average Bonchev–Trinajstić information content (AvgIpc) is 2.21. The minimum atomic E-state index is 0.580. The first kappa shape index (κ1) is 8.37. The van der Waals surface area contributed by atoms with Gasteiger partial charge < -0.3 is 0 Å². The van der Waals surface area contributed by atoms with Crippen molar-refractivity contribution >= 4 is 5.95 Å². The van der Waals surface area contributed by atoms with Crippen LogP contribution < -0.4 is 5.43 Å². The van der Waals surface area contributed by atoms with Gasteiger partial charge in [0, 0.05) is 13.1 Å². The summed E-state index contributed by atoms with van der Waals surface area (Å²) in [5.41, 5.74) is 3.12. The summed E-state index contributed by atoms with van der Waals surface area (Å²) in [5, 5.41) is 2.13. The molecule has 2 rings (SSSR count). The molecular formula is C8H12N5. The third-order valence-electron chi connectivity index (χ3n) is 2.07. The second-order valence-electron chi connectivity index (χ2n) is 3.07. The summed E-state index contributed by atoms with van der Waals surface area (Å²) in [6, 6.07) is 0. The van der Waals surface area contributed by atoms with Crippen LogP contribution in [0.2, 0.25) is 0 Å². The lowest BCUT2D eigenvalue weighted by atomic mass is 10.2. The molecule has 69 valence electrons. The number of nitrogens with one attached hydrogen (secondary N) is 1. The quantitative estimate of drug-likeness (QED) is 0.714. The predicted molar refractivity (Wildman–Crippen MR) is 47.7 cm³/mol. The van der Waals surface area contributed by atoms with E-state index in [0.29, 0.717) is 5.95 Å². The molecule has 0 atom stereocenters. The number of rotatable bonds is 2. The van der Waals surface area contributed by atoms with E-state index in [1.54, 1.807) is 0 Å². The van der Waals surface area contributed by atoms with Crippen LogP contribution in [0.4, 0.5) is 5.95 Å². The molecule has 0 spiro atoms. The first-order chi connectivity index (χ1) is 6.45. The third-order valence-corrected chi connectivity index (χ3v) is 2.07. The molecule has 0 unspecified atom stereocenters. The summed E-state index contributed by atoms with van der Waals surface area (Å²) in [6.45, 7) is 2.12. The van der Waals surface area contributed by atoms with Gasteiger partial charge >= 0.3 is 0 Å². The van der Waals surface area contributed by atoms with Gasteiger partial charge in [0.25, 0.3) is 0 Å². The van der Waals surface area contributed by atoms with Crippen molar-refractivity contribution in [1.82, 2.24) is 20.0 Å². The van der Waals surface area contributed by atoms with Crippen LogP contribution in [-0.2, 0) is 0 Å². The lowest BCUT2D eigenvalue weighted by Crippen LogP contribution is -2.35. The van der Waals surface area contributed by atoms with Gasteiger partial charge in [0.15, 0.2) is 0 Å². The van der Waals surface area contributed by atoms with Gasteiger partial charge in [0.1, 0.15) is 6.33 Å². The lowest BCUT2D eigenvalue weighted by Gasteiger charge is -2.26. The highest BCUT2D eigenvalue weighted by molar-refractivity contribution is 5.18. The highest BCUT2D eigenvalue weighted by Crippen LogP contribution is 2.08. The van der Waals surface area contributed by atoms with Crippen LogP contribution in [0.3, 0.4) is 0 Å². The van der Waals surface area contributed by atoms with Gasteiger partial charge in [-0.15, -0.1) is 0 Å². The van der Waals surface area contributed by atoms with Crippen molar-refractivity contribution in [2.24, 2.45) is 0 Å². The summed E-state index contributed by atoms with van der Waals surface area (Å²) in [5.74, 6) is 0.580. The Hall–Kier alpha value is -1.23. The zero-order valence-electron chi connectivity index (χ0n) is 7.40. The Morgan fingerprint density at radius 3 is 2.85 bits per heavy atom. The normalized spacial score (nSPS) is 18.5. The molecule has 0 aliphatic carbocycles. The Kier molecular flexibility index (Phi) is 2.66. The van der Waals surface area contributed by atoms with Crippen LogP contribution in [-0.4, -0.2) is 33.1 Å². The molecule has 5 nitrogen and oxygen atoms in total. The maximum atomic E-state index is 3.97. The average molecular weight is 178 g/mol. The van der Waals surface area contributed by atoms with E-state index < -0.39 is 0 Å². The van der Waals surface area contributed by atoms with E-state index in [2.05, 4.69) is 31.7 Å². The van der Waals surface area contributed by atoms with E-state index in [1.165, 1.54) is 25.6 Å². The molecule has 1 saturated heterocycles. The summed E-state index contributed by atoms with van der Waals surface area (Å²) in [6.07, 6.45) is 7.74. The van der Waals surface area contributed by atoms with Gasteiger partial charge in [-0.1, -0.05) is 6.42 Å². The van der Waals surface area contributed by atoms with Crippen LogP contribution in [0.15, 0.2) is 6.33 Å². The second-order valence-corrected chi connectivity index (χ2v) is 3.07. The number of piperidine rings is 1. The van der Waals surface area contributed by atoms with E-state index >= 15 is 0 Å². The zero-order chi connectivity index (χ0) is 8.93. The van der Waals surface area contributed by atoms with Gasteiger partial charge in [-0.3, -0.25) is 5.43 Å². The van der Waals surface area contributed by atoms with E-state index in [-0.39, 0.29) is 0 Å². The van der Waals surface area contributed by atoms with Crippen LogP contribution >= 0.6 is 0 Å². The standard InChI is InChI=1S/C8H12N5/c1-2-4-13(5-3-1)12-8-10-6-9-7-11-8/h6H,1-5H2,(H,9,10,11,12). The Morgan fingerprint density at radius 2 is 2.15 bits per heavy atom. The SMILES string of the molecule is [c]1ncnc(NN2CCCCC2)n1. The largest absolute Gasteiger partial charge is 0.287 e. The highest BCUT2D eigenvalue weighted by atomic mass is 15.5. The number of hydrogen-bond acceptors (Lipinski definition) is 5. The Balaban J connectivity index is 1.90. The maximum absolute atomic E-state index is 3.97. The first-order valence-electron chi connectivity index (χ1n) is 4.52. The number of nitrogens with zero attached hydrogens (tertiary/aromatic N) is 4. The van der Waals surface area contributed by atoms with Crippen molar-refractivity contribution in [3.8, 4) is 0 Å². The molecule has 1 aromatic rings. The molecule has 0 amide bonds. The molecule has 1 fully saturated rings. The van der Waals surface area contributed by atoms with Crippen molar-refractivity contribution in [2.45, 2.75) is 19.3 Å². The summed E-state index contributed by atoms with van der Waals surface area (Å²) in [4.78, 5) is 11.5. The molecule has 0 bridgehead atoms. The fraction of sp³-hybridized carbons (Fsp3) is 0.625. The summed E-state index contributed by atoms with van der Waals surface area (Å²) >= 11 is 0. The van der Waals surface area contributed by atoms with E-state index in [1.807, 2.05) is 0 Å². The molecular weight excluding hydrogens is 166 g/mol. The molecule has 1 aliphatic rings. The topological polar surface area (TPSA) is 53.9 Å². The summed E-state index contributed by atoms with van der Waals surface area (Å²) in [7, 11) is 0. The van der Waals surface area contributed by atoms with Gasteiger partial charge in [-0.25, -0.2) is 15.0 Å². The van der Waals surface area contributed by atoms with Gasteiger partial charge in [-0.2, -0.15) is 4.98 Å². The van der Waals surface area contributed by atoms with Crippen LogP contribution in [0.5, 0.6) is 0 Å². The monoisotopic (exact) mass is 178 g/mol. The second kappa shape index (κ2) is 4.13. The fourth-order valence-corrected chi connectivity index (χ4v) is 1.42. The minimum absolute atomic E-state index is 0.580. The highest BCUT2D eigenvalue weighted by Gasteiger charge is 2.09. The van der Waals surface area contributed by atoms with Crippen LogP contribution in [0.1, 0.15) is 19.3 Å². The molecule has 0 aromatic carbocycles. The molecule has 13 heavy (non-hydrogen) atoms. The molecule has 2 heterocycles. The molecule has 1 aliphatic heterocycles. The predicted octanol–water partition coefficient (Wildman–Crippen LogP) is 0.485. The molecule has 1 radical (unpaired) electrons. The number of anilines is 1. The van der Waals surface area contributed by atoms with Gasteiger partial charge in [0.2, 0.25) is 12.3 Å². The number of aromatic nitrogens is 3. The van der Waals surface area contributed by atoms with Gasteiger partial charge in [0.05, 0.1) is 0 Å².